The van der Waals surface area contributed by atoms with Crippen molar-refractivity contribution in [3.8, 4) is 0 Å². The van der Waals surface area contributed by atoms with Gasteiger partial charge in [-0.05, 0) is 0 Å². The third kappa shape index (κ3) is 4.32. The van der Waals surface area contributed by atoms with Crippen LogP contribution in [0.4, 0.5) is 0 Å². The zero-order valence-corrected chi connectivity index (χ0v) is 18.2. The van der Waals surface area contributed by atoms with Gasteiger partial charge in [-0.3, -0.25) is 0 Å². The molecule has 20 heavy (non-hydrogen) atoms. The summed E-state index contributed by atoms with van der Waals surface area (Å²) in [7, 11) is 0. The second-order valence-corrected chi connectivity index (χ2v) is 24.1. The summed E-state index contributed by atoms with van der Waals surface area (Å²) >= 11 is -1.46. The van der Waals surface area contributed by atoms with Crippen LogP contribution in [0, 0.1) is 0 Å². The molecule has 0 N–H and O–H groups in total. The molecule has 4 heteroatoms. The molecular formula is C16H24Cl2SiZr. The van der Waals surface area contributed by atoms with Crippen LogP contribution in [0.5, 0.6) is 0 Å². The summed E-state index contributed by atoms with van der Waals surface area (Å²) in [4.78, 5) is 0. The molecule has 2 rings (SSSR count). The number of rotatable bonds is 2. The van der Waals surface area contributed by atoms with E-state index in [1.54, 1.807) is 11.1 Å². The molecule has 2 unspecified atom stereocenters. The van der Waals surface area contributed by atoms with E-state index >= 15 is 0 Å². The number of hydrogen-bond acceptors (Lipinski definition) is 0. The molecule has 0 fully saturated rings. The maximum atomic E-state index is 2.58. The van der Waals surface area contributed by atoms with E-state index in [-0.39, 0.29) is 30.2 Å². The minimum Gasteiger partial charge on any atom is -1.00 e. The van der Waals surface area contributed by atoms with Gasteiger partial charge in [-0.25, -0.2) is 0 Å². The molecule has 2 atom stereocenters. The van der Waals surface area contributed by atoms with E-state index < -0.39 is 20.4 Å². The Bertz CT molecular complexity index is 493. The molecule has 0 bridgehead atoms. The Morgan fingerprint density at radius 3 is 1.35 bits per heavy atom. The molecule has 0 nitrogen and oxygen atoms in total. The maximum absolute atomic E-state index is 2.58. The van der Waals surface area contributed by atoms with Gasteiger partial charge in [-0.1, -0.05) is 0 Å². The fraction of sp³-hybridized carbons (Fsp3) is 0.500. The topological polar surface area (TPSA) is 0 Å². The van der Waals surface area contributed by atoms with E-state index in [1.165, 1.54) is 11.1 Å². The molecule has 0 amide bonds. The van der Waals surface area contributed by atoms with Crippen molar-refractivity contribution in [1.82, 2.24) is 0 Å². The molecule has 0 aliphatic heterocycles. The molecule has 0 radical (unpaired) electrons. The van der Waals surface area contributed by atoms with E-state index in [9.17, 15) is 0 Å². The van der Waals surface area contributed by atoms with Crippen molar-refractivity contribution in [3.05, 3.63) is 46.6 Å². The van der Waals surface area contributed by atoms with Crippen LogP contribution in [0.15, 0.2) is 46.6 Å². The summed E-state index contributed by atoms with van der Waals surface area (Å²) in [5.41, 5.74) is 6.18. The van der Waals surface area contributed by atoms with Crippen molar-refractivity contribution in [1.29, 1.82) is 0 Å². The summed E-state index contributed by atoms with van der Waals surface area (Å²) < 4.78 is 1.73. The van der Waals surface area contributed by atoms with E-state index in [0.29, 0.717) is 0 Å². The average molecular weight is 407 g/mol. The number of halogens is 2. The summed E-state index contributed by atoms with van der Waals surface area (Å²) in [5, 5.41) is 0. The van der Waals surface area contributed by atoms with Crippen LogP contribution >= 0.6 is 0 Å². The van der Waals surface area contributed by atoms with Gasteiger partial charge in [0, 0.05) is 0 Å². The molecule has 0 saturated carbocycles. The first kappa shape index (κ1) is 20.6. The van der Waals surface area contributed by atoms with Crippen molar-refractivity contribution in [2.75, 3.05) is 0 Å². The predicted octanol–water partition coefficient (Wildman–Crippen LogP) is -0.747. The van der Waals surface area contributed by atoms with Crippen LogP contribution in [0.2, 0.25) is 20.3 Å². The molecule has 0 aromatic heterocycles. The Morgan fingerprint density at radius 2 is 1.15 bits per heavy atom. The Kier molecular flexibility index (Phi) is 8.59. The van der Waals surface area contributed by atoms with Gasteiger partial charge in [0.1, 0.15) is 0 Å². The van der Waals surface area contributed by atoms with Crippen molar-refractivity contribution < 1.29 is 45.2 Å². The molecule has 0 heterocycles. The van der Waals surface area contributed by atoms with Gasteiger partial charge in [-0.15, -0.1) is 0 Å². The second kappa shape index (κ2) is 8.32. The Labute approximate surface area is 144 Å². The van der Waals surface area contributed by atoms with Crippen LogP contribution in [-0.2, 0) is 20.4 Å². The minimum atomic E-state index is -1.46. The van der Waals surface area contributed by atoms with Gasteiger partial charge < -0.3 is 24.8 Å². The molecule has 0 aromatic carbocycles. The van der Waals surface area contributed by atoms with Crippen molar-refractivity contribution >= 4 is 5.43 Å². The van der Waals surface area contributed by atoms with Crippen LogP contribution in [0.1, 0.15) is 27.7 Å². The van der Waals surface area contributed by atoms with Crippen LogP contribution in [0.3, 0.4) is 0 Å². The van der Waals surface area contributed by atoms with E-state index in [2.05, 4.69) is 65.1 Å². The minimum absolute atomic E-state index is 0. The quantitative estimate of drug-likeness (QED) is 0.530. The Hall–Kier alpha value is 0.640. The van der Waals surface area contributed by atoms with Gasteiger partial charge in [0.25, 0.3) is 0 Å². The molecular weight excluding hydrogens is 382 g/mol. The summed E-state index contributed by atoms with van der Waals surface area (Å²) in [5.74, 6) is 0. The van der Waals surface area contributed by atoms with Crippen LogP contribution in [0.25, 0.3) is 0 Å². The first-order valence-corrected chi connectivity index (χ1v) is 15.8. The standard InChI is InChI=1S/2C7H9.C2H6Si.2ClH.Zr/c2*1-6-3-4-7(2)5-6;1-3-2;;;/h2*3-5H,1-2H3;1-2H3;2*1H;/q;;;;;+2/p-2. The smallest absolute Gasteiger partial charge is 1.00 e. The van der Waals surface area contributed by atoms with Crippen molar-refractivity contribution in [2.24, 2.45) is 0 Å². The van der Waals surface area contributed by atoms with E-state index in [0.717, 1.165) is 7.25 Å². The fourth-order valence-electron chi connectivity index (χ4n) is 3.27. The van der Waals surface area contributed by atoms with Crippen molar-refractivity contribution in [3.63, 3.8) is 0 Å². The molecule has 0 spiro atoms. The number of hydrogen-bond donors (Lipinski definition) is 0. The second-order valence-electron chi connectivity index (χ2n) is 6.01. The zero-order chi connectivity index (χ0) is 13.4. The van der Waals surface area contributed by atoms with E-state index in [4.69, 9.17) is 0 Å². The molecule has 2 aliphatic rings. The summed E-state index contributed by atoms with van der Waals surface area (Å²) in [6, 6.07) is 0. The van der Waals surface area contributed by atoms with Gasteiger partial charge in [0.15, 0.2) is 0 Å². The van der Waals surface area contributed by atoms with Gasteiger partial charge in [0.05, 0.1) is 0 Å². The Morgan fingerprint density at radius 1 is 0.800 bits per heavy atom. The van der Waals surface area contributed by atoms with Gasteiger partial charge in [-0.2, -0.15) is 0 Å². The normalized spacial score (nSPS) is 23.4. The van der Waals surface area contributed by atoms with Gasteiger partial charge in [0.2, 0.25) is 0 Å². The van der Waals surface area contributed by atoms with Crippen molar-refractivity contribution in [2.45, 2.75) is 48.0 Å². The molecule has 110 valence electrons. The monoisotopic (exact) mass is 404 g/mol. The average Bonchev–Trinajstić information content (AvgIpc) is 2.71. The molecule has 2 aliphatic carbocycles. The predicted molar refractivity (Wildman–Crippen MR) is 80.0 cm³/mol. The summed E-state index contributed by atoms with van der Waals surface area (Å²) in [6.07, 6.45) is 9.99. The Balaban J connectivity index is 0.00000180. The first-order valence-electron chi connectivity index (χ1n) is 6.80. The SMILES string of the molecule is CC1=C[CH]([Zr+2]([CH]2C=C(C)C=C2C)=[Si](C)C)C(C)=C1.[Cl-].[Cl-]. The fourth-order valence-corrected chi connectivity index (χ4v) is 23.3. The zero-order valence-electron chi connectivity index (χ0n) is 13.2. The third-order valence-electron chi connectivity index (χ3n) is 4.00. The summed E-state index contributed by atoms with van der Waals surface area (Å²) in [6.45, 7) is 14.4. The van der Waals surface area contributed by atoms with E-state index in [1.807, 2.05) is 0 Å². The van der Waals surface area contributed by atoms with Crippen LogP contribution < -0.4 is 24.8 Å². The molecule has 0 aromatic rings. The maximum Gasteiger partial charge on any atom is -1.00 e. The first-order chi connectivity index (χ1) is 8.40. The largest absolute Gasteiger partial charge is 1.00 e. The van der Waals surface area contributed by atoms with Gasteiger partial charge >= 0.3 is 120 Å². The van der Waals surface area contributed by atoms with Crippen LogP contribution in [-0.4, -0.2) is 5.43 Å². The molecule has 0 saturated heterocycles. The third-order valence-corrected chi connectivity index (χ3v) is 23.7. The number of allylic oxidation sites excluding steroid dienone is 8.